The number of rotatable bonds is 5. The lowest BCUT2D eigenvalue weighted by Crippen LogP contribution is -2.16. The molecule has 29 heavy (non-hydrogen) atoms. The number of benzene rings is 1. The van der Waals surface area contributed by atoms with Gasteiger partial charge in [-0.25, -0.2) is 8.42 Å². The van der Waals surface area contributed by atoms with Crippen molar-refractivity contribution < 1.29 is 17.9 Å². The number of nitrogens with zero attached hydrogens (tertiary/aromatic N) is 3. The van der Waals surface area contributed by atoms with E-state index >= 15 is 0 Å². The van der Waals surface area contributed by atoms with Crippen LogP contribution in [-0.4, -0.2) is 47.7 Å². The van der Waals surface area contributed by atoms with Crippen molar-refractivity contribution in [2.24, 2.45) is 0 Å². The predicted molar refractivity (Wildman–Crippen MR) is 109 cm³/mol. The molecule has 1 saturated heterocycles. The molecule has 1 atom stereocenters. The summed E-state index contributed by atoms with van der Waals surface area (Å²) in [5.74, 6) is 0.478. The molecule has 0 spiro atoms. The van der Waals surface area contributed by atoms with E-state index in [-0.39, 0.29) is 29.1 Å². The number of anilines is 1. The Balaban J connectivity index is 1.70. The molecule has 1 aliphatic heterocycles. The molecule has 2 aromatic heterocycles. The van der Waals surface area contributed by atoms with Gasteiger partial charge in [0.05, 0.1) is 30.4 Å². The fourth-order valence-corrected chi connectivity index (χ4v) is 5.05. The molecule has 0 bridgehead atoms. The van der Waals surface area contributed by atoms with Gasteiger partial charge in [-0.1, -0.05) is 0 Å². The second-order valence-electron chi connectivity index (χ2n) is 6.83. The van der Waals surface area contributed by atoms with E-state index in [1.165, 1.54) is 0 Å². The standard InChI is InChI=1S/C20H20N4O4S/c1-28-17-4-2-14(3-5-17)19-12-18(20(25)22-15-6-9-21-10-7-15)23-24(19)16-8-11-29(26,27)13-16/h2-7,9-10,12,16H,8,11,13H2,1H3,(H,21,22,25)/t16-/m0/s1. The van der Waals surface area contributed by atoms with Gasteiger partial charge in [0.2, 0.25) is 0 Å². The Hall–Kier alpha value is -3.20. The monoisotopic (exact) mass is 412 g/mol. The number of carbonyl (C=O) groups excluding carboxylic acids is 1. The Kier molecular flexibility index (Phi) is 5.06. The number of hydrogen-bond acceptors (Lipinski definition) is 6. The lowest BCUT2D eigenvalue weighted by Gasteiger charge is -2.13. The molecule has 1 aromatic carbocycles. The van der Waals surface area contributed by atoms with Crippen molar-refractivity contribution in [1.29, 1.82) is 0 Å². The number of nitrogens with one attached hydrogen (secondary N) is 1. The molecule has 1 N–H and O–H groups in total. The zero-order chi connectivity index (χ0) is 20.4. The lowest BCUT2D eigenvalue weighted by molar-refractivity contribution is 0.102. The predicted octanol–water partition coefficient (Wildman–Crippen LogP) is 2.57. The Morgan fingerprint density at radius 3 is 2.52 bits per heavy atom. The number of carbonyl (C=O) groups is 1. The third-order valence-electron chi connectivity index (χ3n) is 4.85. The zero-order valence-electron chi connectivity index (χ0n) is 15.8. The number of sulfone groups is 1. The average Bonchev–Trinajstić information content (AvgIpc) is 3.32. The van der Waals surface area contributed by atoms with Crippen LogP contribution < -0.4 is 10.1 Å². The van der Waals surface area contributed by atoms with Gasteiger partial charge in [0.1, 0.15) is 5.75 Å². The summed E-state index contributed by atoms with van der Waals surface area (Å²) in [4.78, 5) is 16.6. The van der Waals surface area contributed by atoms with E-state index in [0.29, 0.717) is 23.6 Å². The van der Waals surface area contributed by atoms with Crippen molar-refractivity contribution in [2.45, 2.75) is 12.5 Å². The minimum absolute atomic E-state index is 0.0171. The summed E-state index contributed by atoms with van der Waals surface area (Å²) >= 11 is 0. The highest BCUT2D eigenvalue weighted by Crippen LogP contribution is 2.31. The van der Waals surface area contributed by atoms with Crippen LogP contribution in [0.15, 0.2) is 54.9 Å². The molecule has 150 valence electrons. The van der Waals surface area contributed by atoms with E-state index in [0.717, 1.165) is 5.56 Å². The largest absolute Gasteiger partial charge is 0.497 e. The molecule has 0 aliphatic carbocycles. The summed E-state index contributed by atoms with van der Waals surface area (Å²) in [7, 11) is -1.51. The van der Waals surface area contributed by atoms with Crippen molar-refractivity contribution >= 4 is 21.4 Å². The summed E-state index contributed by atoms with van der Waals surface area (Å²) in [6, 6.07) is 12.1. The Morgan fingerprint density at radius 1 is 1.17 bits per heavy atom. The van der Waals surface area contributed by atoms with Crippen LogP contribution in [0.4, 0.5) is 5.69 Å². The van der Waals surface area contributed by atoms with E-state index in [1.54, 1.807) is 42.4 Å². The van der Waals surface area contributed by atoms with Crippen LogP contribution in [0.3, 0.4) is 0 Å². The van der Waals surface area contributed by atoms with E-state index in [1.807, 2.05) is 24.3 Å². The SMILES string of the molecule is COc1ccc(-c2cc(C(=O)Nc3ccncc3)nn2[C@H]2CCS(=O)(=O)C2)cc1. The third-order valence-corrected chi connectivity index (χ3v) is 6.60. The van der Waals surface area contributed by atoms with Crippen molar-refractivity contribution in [3.63, 3.8) is 0 Å². The Bertz CT molecular complexity index is 1130. The van der Waals surface area contributed by atoms with Crippen LogP contribution in [0.25, 0.3) is 11.3 Å². The number of pyridine rings is 1. The first-order valence-electron chi connectivity index (χ1n) is 9.11. The van der Waals surface area contributed by atoms with Gasteiger partial charge >= 0.3 is 0 Å². The first-order chi connectivity index (χ1) is 13.9. The molecule has 1 amide bonds. The smallest absolute Gasteiger partial charge is 0.276 e. The molecule has 1 aliphatic rings. The van der Waals surface area contributed by atoms with Crippen LogP contribution >= 0.6 is 0 Å². The van der Waals surface area contributed by atoms with Crippen molar-refractivity contribution in [3.05, 3.63) is 60.6 Å². The van der Waals surface area contributed by atoms with Gasteiger partial charge in [-0.3, -0.25) is 14.5 Å². The van der Waals surface area contributed by atoms with Gasteiger partial charge in [0.25, 0.3) is 5.91 Å². The molecule has 3 aromatic rings. The summed E-state index contributed by atoms with van der Waals surface area (Å²) in [6.45, 7) is 0. The fourth-order valence-electron chi connectivity index (χ4n) is 3.36. The summed E-state index contributed by atoms with van der Waals surface area (Å²) in [5, 5.41) is 7.25. The number of methoxy groups -OCH3 is 1. The number of hydrogen-bond donors (Lipinski definition) is 1. The van der Waals surface area contributed by atoms with Crippen molar-refractivity contribution in [3.8, 4) is 17.0 Å². The average molecular weight is 412 g/mol. The number of aromatic nitrogens is 3. The molecule has 1 fully saturated rings. The number of amides is 1. The molecule has 4 rings (SSSR count). The maximum atomic E-state index is 12.7. The van der Waals surface area contributed by atoms with Crippen LogP contribution in [0.2, 0.25) is 0 Å². The van der Waals surface area contributed by atoms with Crippen molar-refractivity contribution in [1.82, 2.24) is 14.8 Å². The Labute approximate surface area is 168 Å². The summed E-state index contributed by atoms with van der Waals surface area (Å²) < 4.78 is 30.8. The van der Waals surface area contributed by atoms with E-state index in [2.05, 4.69) is 15.4 Å². The molecule has 0 saturated carbocycles. The Morgan fingerprint density at radius 2 is 1.90 bits per heavy atom. The second kappa shape index (κ2) is 7.67. The first kappa shape index (κ1) is 19.1. The fraction of sp³-hybridized carbons (Fsp3) is 0.250. The second-order valence-corrected chi connectivity index (χ2v) is 9.06. The molecule has 9 heteroatoms. The van der Waals surface area contributed by atoms with E-state index in [9.17, 15) is 13.2 Å². The van der Waals surface area contributed by atoms with Crippen LogP contribution in [0.5, 0.6) is 5.75 Å². The quantitative estimate of drug-likeness (QED) is 0.691. The normalized spacial score (nSPS) is 17.8. The molecular weight excluding hydrogens is 392 g/mol. The topological polar surface area (TPSA) is 103 Å². The molecule has 0 radical (unpaired) electrons. The van der Waals surface area contributed by atoms with Crippen LogP contribution in [0, 0.1) is 0 Å². The third kappa shape index (κ3) is 4.14. The van der Waals surface area contributed by atoms with Crippen LogP contribution in [0.1, 0.15) is 23.0 Å². The van der Waals surface area contributed by atoms with Gasteiger partial charge in [-0.05, 0) is 48.9 Å². The molecular formula is C20H20N4O4S. The maximum absolute atomic E-state index is 12.7. The van der Waals surface area contributed by atoms with Gasteiger partial charge in [-0.15, -0.1) is 0 Å². The van der Waals surface area contributed by atoms with E-state index in [4.69, 9.17) is 4.74 Å². The summed E-state index contributed by atoms with van der Waals surface area (Å²) in [5.41, 5.74) is 2.34. The molecule has 3 heterocycles. The van der Waals surface area contributed by atoms with Crippen LogP contribution in [-0.2, 0) is 9.84 Å². The highest BCUT2D eigenvalue weighted by atomic mass is 32.2. The van der Waals surface area contributed by atoms with Gasteiger partial charge in [0, 0.05) is 23.6 Å². The minimum atomic E-state index is -3.10. The highest BCUT2D eigenvalue weighted by Gasteiger charge is 2.32. The maximum Gasteiger partial charge on any atom is 0.276 e. The zero-order valence-corrected chi connectivity index (χ0v) is 16.6. The minimum Gasteiger partial charge on any atom is -0.497 e. The van der Waals surface area contributed by atoms with Gasteiger partial charge in [0.15, 0.2) is 15.5 Å². The van der Waals surface area contributed by atoms with Crippen molar-refractivity contribution in [2.75, 3.05) is 23.9 Å². The summed E-state index contributed by atoms with van der Waals surface area (Å²) in [6.07, 6.45) is 3.64. The number of ether oxygens (including phenoxy) is 1. The first-order valence-corrected chi connectivity index (χ1v) is 10.9. The lowest BCUT2D eigenvalue weighted by atomic mass is 10.1. The molecule has 0 unspecified atom stereocenters. The van der Waals surface area contributed by atoms with Gasteiger partial charge < -0.3 is 10.1 Å². The van der Waals surface area contributed by atoms with E-state index < -0.39 is 9.84 Å². The molecule has 8 nitrogen and oxygen atoms in total. The van der Waals surface area contributed by atoms with Gasteiger partial charge in [-0.2, -0.15) is 5.10 Å². The highest BCUT2D eigenvalue weighted by molar-refractivity contribution is 7.91.